The van der Waals surface area contributed by atoms with E-state index in [-0.39, 0.29) is 0 Å². The fraction of sp³-hybridized carbons (Fsp3) is 0.0667. The highest BCUT2D eigenvalue weighted by Crippen LogP contribution is 2.25. The molecule has 0 atom stereocenters. The maximum atomic E-state index is 5.30. The molecule has 0 amide bonds. The van der Waals surface area contributed by atoms with E-state index in [9.17, 15) is 0 Å². The van der Waals surface area contributed by atoms with Gasteiger partial charge in [0.25, 0.3) is 5.89 Å². The van der Waals surface area contributed by atoms with Crippen molar-refractivity contribution >= 4 is 15.9 Å². The predicted molar refractivity (Wildman–Crippen MR) is 79.4 cm³/mol. The van der Waals surface area contributed by atoms with Crippen molar-refractivity contribution in [2.45, 2.75) is 0 Å². The predicted octanol–water partition coefficient (Wildman–Crippen LogP) is 4.17. The molecule has 1 aromatic heterocycles. The molecule has 3 rings (SSSR count). The van der Waals surface area contributed by atoms with Gasteiger partial charge in [-0.1, -0.05) is 27.2 Å². The van der Waals surface area contributed by atoms with Crippen LogP contribution in [0.3, 0.4) is 0 Å². The third kappa shape index (κ3) is 2.58. The van der Waals surface area contributed by atoms with Gasteiger partial charge in [0.2, 0.25) is 5.82 Å². The van der Waals surface area contributed by atoms with Crippen molar-refractivity contribution in [3.8, 4) is 28.6 Å². The van der Waals surface area contributed by atoms with Crippen LogP contribution >= 0.6 is 15.9 Å². The van der Waals surface area contributed by atoms with Crippen molar-refractivity contribution in [1.29, 1.82) is 0 Å². The Labute approximate surface area is 124 Å². The molecule has 0 aliphatic heterocycles. The molecule has 20 heavy (non-hydrogen) atoms. The van der Waals surface area contributed by atoms with E-state index in [2.05, 4.69) is 26.1 Å². The van der Waals surface area contributed by atoms with Crippen LogP contribution in [-0.2, 0) is 0 Å². The number of hydrogen-bond acceptors (Lipinski definition) is 4. The van der Waals surface area contributed by atoms with E-state index in [0.717, 1.165) is 21.3 Å². The monoisotopic (exact) mass is 330 g/mol. The molecule has 0 radical (unpaired) electrons. The molecule has 0 unspecified atom stereocenters. The van der Waals surface area contributed by atoms with Gasteiger partial charge in [0.05, 0.1) is 7.11 Å². The lowest BCUT2D eigenvalue weighted by Gasteiger charge is -1.99. The highest BCUT2D eigenvalue weighted by atomic mass is 79.9. The van der Waals surface area contributed by atoms with E-state index in [1.165, 1.54) is 0 Å². The zero-order chi connectivity index (χ0) is 13.9. The Morgan fingerprint density at radius 3 is 2.55 bits per heavy atom. The molecule has 0 spiro atoms. The Morgan fingerprint density at radius 2 is 1.85 bits per heavy atom. The molecule has 2 aromatic carbocycles. The minimum atomic E-state index is 0.497. The molecule has 0 N–H and O–H groups in total. The second kappa shape index (κ2) is 5.46. The number of halogens is 1. The van der Waals surface area contributed by atoms with Crippen molar-refractivity contribution < 1.29 is 9.26 Å². The first-order valence-electron chi connectivity index (χ1n) is 6.00. The Balaban J connectivity index is 1.93. The van der Waals surface area contributed by atoms with Crippen molar-refractivity contribution in [3.05, 3.63) is 53.0 Å². The molecule has 0 aliphatic carbocycles. The lowest BCUT2D eigenvalue weighted by atomic mass is 10.2. The molecular weight excluding hydrogens is 320 g/mol. The van der Waals surface area contributed by atoms with Gasteiger partial charge in [-0.15, -0.1) is 0 Å². The highest BCUT2D eigenvalue weighted by molar-refractivity contribution is 9.10. The lowest BCUT2D eigenvalue weighted by Crippen LogP contribution is -1.84. The van der Waals surface area contributed by atoms with Crippen LogP contribution in [0.25, 0.3) is 22.8 Å². The summed E-state index contributed by atoms with van der Waals surface area (Å²) in [5.74, 6) is 1.85. The van der Waals surface area contributed by atoms with Gasteiger partial charge in [-0.25, -0.2) is 0 Å². The van der Waals surface area contributed by atoms with Crippen LogP contribution < -0.4 is 4.74 Å². The van der Waals surface area contributed by atoms with E-state index in [1.54, 1.807) is 7.11 Å². The Hall–Kier alpha value is -2.14. The van der Waals surface area contributed by atoms with Crippen LogP contribution in [0, 0.1) is 0 Å². The van der Waals surface area contributed by atoms with Gasteiger partial charge in [-0.3, -0.25) is 0 Å². The number of rotatable bonds is 3. The highest BCUT2D eigenvalue weighted by Gasteiger charge is 2.10. The van der Waals surface area contributed by atoms with Gasteiger partial charge in [0, 0.05) is 15.6 Å². The summed E-state index contributed by atoms with van der Waals surface area (Å²) < 4.78 is 11.4. The number of methoxy groups -OCH3 is 1. The maximum Gasteiger partial charge on any atom is 0.258 e. The molecule has 1 heterocycles. The molecule has 0 saturated carbocycles. The van der Waals surface area contributed by atoms with E-state index < -0.39 is 0 Å². The van der Waals surface area contributed by atoms with Crippen LogP contribution in [-0.4, -0.2) is 17.3 Å². The second-order valence-electron chi connectivity index (χ2n) is 4.16. The van der Waals surface area contributed by atoms with Crippen molar-refractivity contribution in [1.82, 2.24) is 10.1 Å². The summed E-state index contributed by atoms with van der Waals surface area (Å²) in [5, 5.41) is 4.01. The first-order valence-corrected chi connectivity index (χ1v) is 6.79. The van der Waals surface area contributed by atoms with Gasteiger partial charge < -0.3 is 9.26 Å². The van der Waals surface area contributed by atoms with Gasteiger partial charge in [0.15, 0.2) is 0 Å². The standard InChI is InChI=1S/C15H11BrN2O2/c1-19-13-7-5-10(6-8-13)14-17-15(20-18-14)11-3-2-4-12(16)9-11/h2-9H,1H3. The Bertz CT molecular complexity index is 723. The summed E-state index contributed by atoms with van der Waals surface area (Å²) in [4.78, 5) is 4.41. The van der Waals surface area contributed by atoms with E-state index >= 15 is 0 Å². The van der Waals surface area contributed by atoms with Gasteiger partial charge in [-0.05, 0) is 42.5 Å². The number of aromatic nitrogens is 2. The van der Waals surface area contributed by atoms with Crippen LogP contribution in [0.5, 0.6) is 5.75 Å². The molecule has 0 aliphatic rings. The molecule has 0 saturated heterocycles. The van der Waals surface area contributed by atoms with E-state index in [1.807, 2.05) is 48.5 Å². The van der Waals surface area contributed by atoms with Crippen LogP contribution in [0.2, 0.25) is 0 Å². The third-order valence-electron chi connectivity index (χ3n) is 2.85. The molecular formula is C15H11BrN2O2. The summed E-state index contributed by atoms with van der Waals surface area (Å²) in [5.41, 5.74) is 1.77. The minimum absolute atomic E-state index is 0.497. The summed E-state index contributed by atoms with van der Waals surface area (Å²) in [6, 6.07) is 15.3. The summed E-state index contributed by atoms with van der Waals surface area (Å²) in [7, 11) is 1.63. The fourth-order valence-corrected chi connectivity index (χ4v) is 2.22. The smallest absolute Gasteiger partial charge is 0.258 e. The third-order valence-corrected chi connectivity index (χ3v) is 3.34. The van der Waals surface area contributed by atoms with Gasteiger partial charge in [0.1, 0.15) is 5.75 Å². The normalized spacial score (nSPS) is 10.5. The Kier molecular flexibility index (Phi) is 3.52. The van der Waals surface area contributed by atoms with Gasteiger partial charge >= 0.3 is 0 Å². The summed E-state index contributed by atoms with van der Waals surface area (Å²) >= 11 is 3.42. The average molecular weight is 331 g/mol. The summed E-state index contributed by atoms with van der Waals surface area (Å²) in [6.07, 6.45) is 0. The second-order valence-corrected chi connectivity index (χ2v) is 5.08. The van der Waals surface area contributed by atoms with Gasteiger partial charge in [-0.2, -0.15) is 4.98 Å². The topological polar surface area (TPSA) is 48.2 Å². The Morgan fingerprint density at radius 1 is 1.05 bits per heavy atom. The summed E-state index contributed by atoms with van der Waals surface area (Å²) in [6.45, 7) is 0. The number of nitrogens with zero attached hydrogens (tertiary/aromatic N) is 2. The SMILES string of the molecule is COc1ccc(-c2noc(-c3cccc(Br)c3)n2)cc1. The lowest BCUT2D eigenvalue weighted by molar-refractivity contribution is 0.415. The number of ether oxygens (including phenoxy) is 1. The van der Waals surface area contributed by atoms with Crippen molar-refractivity contribution in [2.24, 2.45) is 0 Å². The molecule has 100 valence electrons. The average Bonchev–Trinajstić information content (AvgIpc) is 2.97. The van der Waals surface area contributed by atoms with Crippen LogP contribution in [0.1, 0.15) is 0 Å². The first-order chi connectivity index (χ1) is 9.76. The molecule has 3 aromatic rings. The molecule has 0 fully saturated rings. The molecule has 5 heteroatoms. The number of benzene rings is 2. The zero-order valence-electron chi connectivity index (χ0n) is 10.7. The van der Waals surface area contributed by atoms with Crippen LogP contribution in [0.15, 0.2) is 57.5 Å². The van der Waals surface area contributed by atoms with Crippen molar-refractivity contribution in [3.63, 3.8) is 0 Å². The molecule has 0 bridgehead atoms. The van der Waals surface area contributed by atoms with E-state index in [0.29, 0.717) is 11.7 Å². The maximum absolute atomic E-state index is 5.30. The zero-order valence-corrected chi connectivity index (χ0v) is 12.3. The number of hydrogen-bond donors (Lipinski definition) is 0. The van der Waals surface area contributed by atoms with Crippen molar-refractivity contribution in [2.75, 3.05) is 7.11 Å². The fourth-order valence-electron chi connectivity index (χ4n) is 1.82. The quantitative estimate of drug-likeness (QED) is 0.723. The minimum Gasteiger partial charge on any atom is -0.497 e. The largest absolute Gasteiger partial charge is 0.497 e. The first kappa shape index (κ1) is 12.9. The van der Waals surface area contributed by atoms with E-state index in [4.69, 9.17) is 9.26 Å². The molecule has 4 nitrogen and oxygen atoms in total. The van der Waals surface area contributed by atoms with Crippen LogP contribution in [0.4, 0.5) is 0 Å².